The van der Waals surface area contributed by atoms with Gasteiger partial charge in [0.25, 0.3) is 0 Å². The minimum Gasteiger partial charge on any atom is -0.294 e. The van der Waals surface area contributed by atoms with Crippen molar-refractivity contribution in [3.63, 3.8) is 0 Å². The van der Waals surface area contributed by atoms with Crippen LogP contribution < -0.4 is 0 Å². The first-order valence-electron chi connectivity index (χ1n) is 7.85. The van der Waals surface area contributed by atoms with Crippen molar-refractivity contribution in [2.75, 3.05) is 0 Å². The minimum atomic E-state index is -0.0177. The van der Waals surface area contributed by atoms with E-state index in [4.69, 9.17) is 0 Å². The van der Waals surface area contributed by atoms with E-state index in [0.717, 1.165) is 30.4 Å². The molecule has 2 heteroatoms. The molecule has 0 aromatic heterocycles. The zero-order valence-electron chi connectivity index (χ0n) is 12.1. The fourth-order valence-electron chi connectivity index (χ4n) is 5.23. The highest BCUT2D eigenvalue weighted by Gasteiger charge is 2.60. The van der Waals surface area contributed by atoms with Crippen LogP contribution in [0.25, 0.3) is 0 Å². The van der Waals surface area contributed by atoms with E-state index in [1.54, 1.807) is 0 Å². The van der Waals surface area contributed by atoms with Crippen LogP contribution in [0.15, 0.2) is 18.2 Å². The zero-order valence-corrected chi connectivity index (χ0v) is 12.1. The summed E-state index contributed by atoms with van der Waals surface area (Å²) in [4.78, 5) is 25.9. The summed E-state index contributed by atoms with van der Waals surface area (Å²) in [6, 6.07) is 5.79. The number of hydrogen-bond acceptors (Lipinski definition) is 2. The summed E-state index contributed by atoms with van der Waals surface area (Å²) in [6.07, 6.45) is 3.09. The molecule has 1 aromatic rings. The number of carbonyl (C=O) groups excluding carboxylic acids is 2. The van der Waals surface area contributed by atoms with Gasteiger partial charge in [0.15, 0.2) is 11.6 Å². The normalized spacial score (nSPS) is 38.0. The third kappa shape index (κ3) is 1.30. The molecule has 0 heterocycles. The van der Waals surface area contributed by atoms with Crippen LogP contribution in [0, 0.1) is 29.6 Å². The Morgan fingerprint density at radius 1 is 1.05 bits per heavy atom. The van der Waals surface area contributed by atoms with Crippen molar-refractivity contribution in [3.8, 4) is 0 Å². The fourth-order valence-corrected chi connectivity index (χ4v) is 5.23. The Kier molecular flexibility index (Phi) is 2.48. The molecule has 104 valence electrons. The third-order valence-electron chi connectivity index (χ3n) is 6.14. The van der Waals surface area contributed by atoms with E-state index in [9.17, 15) is 9.59 Å². The molecule has 1 aromatic carbocycles. The highest BCUT2D eigenvalue weighted by Crippen LogP contribution is 2.59. The van der Waals surface area contributed by atoms with Gasteiger partial charge in [0.1, 0.15) is 0 Å². The second-order valence-electron chi connectivity index (χ2n) is 6.74. The first-order chi connectivity index (χ1) is 9.65. The number of hydrogen-bond donors (Lipinski definition) is 0. The van der Waals surface area contributed by atoms with Gasteiger partial charge in [-0.1, -0.05) is 32.0 Å². The average Bonchev–Trinajstić information content (AvgIpc) is 2.97. The highest BCUT2D eigenvalue weighted by atomic mass is 16.1. The number of carbonyl (C=O) groups is 2. The fraction of sp³-hybridized carbons (Fsp3) is 0.556. The standard InChI is InChI=1S/C18H20O2/c1-3-10-5-4-6-13-14(10)18(20)16-12-8-7-11(9(12)2)15(16)17(13)19/h4-6,9,11-12,15-16H,3,7-8H2,1-2H3. The molecule has 2 fully saturated rings. The summed E-state index contributed by atoms with van der Waals surface area (Å²) in [5, 5.41) is 0. The smallest absolute Gasteiger partial charge is 0.167 e. The maximum absolute atomic E-state index is 13.0. The molecule has 0 radical (unpaired) electrons. The topological polar surface area (TPSA) is 34.1 Å². The summed E-state index contributed by atoms with van der Waals surface area (Å²) in [6.45, 7) is 4.30. The molecular formula is C18H20O2. The number of Topliss-reactive ketones (excluding diaryl/α,β-unsaturated/α-hetero) is 2. The molecule has 0 saturated heterocycles. The van der Waals surface area contributed by atoms with Crippen molar-refractivity contribution in [1.82, 2.24) is 0 Å². The van der Waals surface area contributed by atoms with Crippen LogP contribution in [-0.4, -0.2) is 11.6 Å². The zero-order chi connectivity index (χ0) is 14.0. The number of benzene rings is 1. The van der Waals surface area contributed by atoms with E-state index >= 15 is 0 Å². The Morgan fingerprint density at radius 3 is 2.35 bits per heavy atom. The van der Waals surface area contributed by atoms with Crippen molar-refractivity contribution >= 4 is 11.6 Å². The lowest BCUT2D eigenvalue weighted by molar-refractivity contribution is 0.0660. The highest BCUT2D eigenvalue weighted by molar-refractivity contribution is 6.17. The molecule has 3 aliphatic carbocycles. The number of rotatable bonds is 1. The van der Waals surface area contributed by atoms with Gasteiger partial charge in [-0.15, -0.1) is 0 Å². The predicted molar refractivity (Wildman–Crippen MR) is 76.8 cm³/mol. The van der Waals surface area contributed by atoms with E-state index in [2.05, 4.69) is 13.8 Å². The summed E-state index contributed by atoms with van der Waals surface area (Å²) in [7, 11) is 0. The van der Waals surface area contributed by atoms with Gasteiger partial charge in [-0.05, 0) is 42.6 Å². The Bertz CT molecular complexity index is 616. The second-order valence-corrected chi connectivity index (χ2v) is 6.74. The van der Waals surface area contributed by atoms with E-state index < -0.39 is 0 Å². The number of ketones is 2. The molecular weight excluding hydrogens is 248 g/mol. The van der Waals surface area contributed by atoms with Crippen LogP contribution in [-0.2, 0) is 6.42 Å². The van der Waals surface area contributed by atoms with E-state index in [0.29, 0.717) is 23.3 Å². The van der Waals surface area contributed by atoms with Gasteiger partial charge in [-0.2, -0.15) is 0 Å². The van der Waals surface area contributed by atoms with Crippen LogP contribution in [0.2, 0.25) is 0 Å². The lowest BCUT2D eigenvalue weighted by atomic mass is 9.66. The summed E-state index contributed by atoms with van der Waals surface area (Å²) in [5.74, 6) is 1.91. The van der Waals surface area contributed by atoms with Crippen LogP contribution >= 0.6 is 0 Å². The van der Waals surface area contributed by atoms with Crippen LogP contribution in [0.3, 0.4) is 0 Å². The van der Waals surface area contributed by atoms with Crippen LogP contribution in [0.1, 0.15) is 53.0 Å². The molecule has 5 unspecified atom stereocenters. The van der Waals surface area contributed by atoms with Crippen molar-refractivity contribution in [3.05, 3.63) is 34.9 Å². The molecule has 0 N–H and O–H groups in total. The van der Waals surface area contributed by atoms with Gasteiger partial charge in [0, 0.05) is 23.0 Å². The monoisotopic (exact) mass is 268 g/mol. The molecule has 0 amide bonds. The molecule has 3 aliphatic rings. The van der Waals surface area contributed by atoms with Gasteiger partial charge >= 0.3 is 0 Å². The Labute approximate surface area is 119 Å². The predicted octanol–water partition coefficient (Wildman–Crippen LogP) is 3.54. The maximum atomic E-state index is 13.0. The van der Waals surface area contributed by atoms with Crippen molar-refractivity contribution in [2.24, 2.45) is 29.6 Å². The summed E-state index contributed by atoms with van der Waals surface area (Å²) in [5.41, 5.74) is 2.51. The molecule has 2 saturated carbocycles. The van der Waals surface area contributed by atoms with Gasteiger partial charge in [0.2, 0.25) is 0 Å². The average molecular weight is 268 g/mol. The van der Waals surface area contributed by atoms with Crippen molar-refractivity contribution in [1.29, 1.82) is 0 Å². The van der Waals surface area contributed by atoms with Crippen molar-refractivity contribution in [2.45, 2.75) is 33.1 Å². The summed E-state index contributed by atoms with van der Waals surface area (Å²) < 4.78 is 0. The largest absolute Gasteiger partial charge is 0.294 e. The molecule has 0 spiro atoms. The Hall–Kier alpha value is -1.44. The molecule has 0 aliphatic heterocycles. The Morgan fingerprint density at radius 2 is 1.70 bits per heavy atom. The lowest BCUT2D eigenvalue weighted by Crippen LogP contribution is -2.40. The number of aryl methyl sites for hydroxylation is 1. The maximum Gasteiger partial charge on any atom is 0.167 e. The summed E-state index contributed by atoms with van der Waals surface area (Å²) >= 11 is 0. The number of fused-ring (bicyclic) bond motifs is 6. The second kappa shape index (κ2) is 4.03. The Balaban J connectivity index is 1.91. The van der Waals surface area contributed by atoms with E-state index in [1.165, 1.54) is 0 Å². The molecule has 20 heavy (non-hydrogen) atoms. The van der Waals surface area contributed by atoms with E-state index in [-0.39, 0.29) is 23.4 Å². The van der Waals surface area contributed by atoms with Gasteiger partial charge in [0.05, 0.1) is 0 Å². The lowest BCUT2D eigenvalue weighted by Gasteiger charge is -2.34. The molecule has 5 atom stereocenters. The quantitative estimate of drug-likeness (QED) is 0.780. The first kappa shape index (κ1) is 12.3. The van der Waals surface area contributed by atoms with Gasteiger partial charge in [-0.3, -0.25) is 9.59 Å². The molecule has 4 rings (SSSR count). The van der Waals surface area contributed by atoms with Gasteiger partial charge < -0.3 is 0 Å². The van der Waals surface area contributed by atoms with Crippen LogP contribution in [0.5, 0.6) is 0 Å². The van der Waals surface area contributed by atoms with Crippen molar-refractivity contribution < 1.29 is 9.59 Å². The van der Waals surface area contributed by atoms with Crippen LogP contribution in [0.4, 0.5) is 0 Å². The van der Waals surface area contributed by atoms with E-state index in [1.807, 2.05) is 18.2 Å². The third-order valence-corrected chi connectivity index (χ3v) is 6.14. The SMILES string of the molecule is CCc1cccc2c1C(=O)C1C3CCC(C3C)C1C2=O. The van der Waals surface area contributed by atoms with Gasteiger partial charge in [-0.25, -0.2) is 0 Å². The molecule has 2 bridgehead atoms. The first-order valence-corrected chi connectivity index (χ1v) is 7.85. The molecule has 2 nitrogen and oxygen atoms in total. The minimum absolute atomic E-state index is 0.0172.